The Labute approximate surface area is 169 Å². The molecule has 5 rings (SSSR count). The van der Waals surface area contributed by atoms with Crippen LogP contribution in [0.15, 0.2) is 48.0 Å². The minimum atomic E-state index is -0.264. The normalized spacial score (nSPS) is 21.0. The summed E-state index contributed by atoms with van der Waals surface area (Å²) < 4.78 is 25.7. The lowest BCUT2D eigenvalue weighted by atomic mass is 9.87. The van der Waals surface area contributed by atoms with Gasteiger partial charge in [-0.1, -0.05) is 12.1 Å². The lowest BCUT2D eigenvalue weighted by molar-refractivity contribution is -0.118. The van der Waals surface area contributed by atoms with Crippen molar-refractivity contribution in [2.24, 2.45) is 5.92 Å². The third kappa shape index (κ3) is 3.61. The van der Waals surface area contributed by atoms with Crippen LogP contribution < -0.4 is 9.47 Å². The SMILES string of the molecule is O=CN1CCCC1C1=C(c2ccc(F)cc2)c2cc(OCC3CC3)ccc2OC1. The van der Waals surface area contributed by atoms with E-state index in [9.17, 15) is 9.18 Å². The molecule has 2 aromatic rings. The fourth-order valence-corrected chi connectivity index (χ4v) is 4.33. The van der Waals surface area contributed by atoms with Crippen LogP contribution in [0.3, 0.4) is 0 Å². The highest BCUT2D eigenvalue weighted by atomic mass is 19.1. The molecule has 2 aromatic carbocycles. The standard InChI is InChI=1S/C24H24FNO3/c25-18-7-5-17(6-8-18)24-20-12-19(28-13-16-3-4-16)9-10-23(20)29-14-21(24)22-2-1-11-26(22)15-27/h5-10,12,15-16,22H,1-4,11,13-14H2. The van der Waals surface area contributed by atoms with Gasteiger partial charge in [-0.3, -0.25) is 4.79 Å². The van der Waals surface area contributed by atoms with Crippen LogP contribution in [0.2, 0.25) is 0 Å². The third-order valence-corrected chi connectivity index (χ3v) is 6.07. The number of halogens is 1. The summed E-state index contributed by atoms with van der Waals surface area (Å²) in [6.07, 6.45) is 5.29. The predicted molar refractivity (Wildman–Crippen MR) is 108 cm³/mol. The molecule has 2 heterocycles. The maximum absolute atomic E-state index is 13.6. The highest BCUT2D eigenvalue weighted by molar-refractivity contribution is 5.87. The first-order chi connectivity index (χ1) is 14.2. The van der Waals surface area contributed by atoms with E-state index in [4.69, 9.17) is 9.47 Å². The lowest BCUT2D eigenvalue weighted by Gasteiger charge is -2.31. The zero-order valence-corrected chi connectivity index (χ0v) is 16.3. The van der Waals surface area contributed by atoms with Crippen molar-refractivity contribution in [2.75, 3.05) is 19.8 Å². The van der Waals surface area contributed by atoms with Gasteiger partial charge in [-0.2, -0.15) is 0 Å². The van der Waals surface area contributed by atoms with Gasteiger partial charge < -0.3 is 14.4 Å². The number of ether oxygens (including phenoxy) is 2. The number of hydrogen-bond acceptors (Lipinski definition) is 3. The van der Waals surface area contributed by atoms with Crippen molar-refractivity contribution in [2.45, 2.75) is 31.7 Å². The number of fused-ring (bicyclic) bond motifs is 1. The zero-order valence-electron chi connectivity index (χ0n) is 16.3. The van der Waals surface area contributed by atoms with Crippen LogP contribution in [0.25, 0.3) is 5.57 Å². The average Bonchev–Trinajstić information content (AvgIpc) is 3.46. The highest BCUT2D eigenvalue weighted by Gasteiger charge is 2.33. The van der Waals surface area contributed by atoms with Crippen LogP contribution >= 0.6 is 0 Å². The molecule has 1 unspecified atom stereocenters. The molecule has 5 heteroatoms. The van der Waals surface area contributed by atoms with Gasteiger partial charge in [0.15, 0.2) is 0 Å². The topological polar surface area (TPSA) is 38.8 Å². The number of carbonyl (C=O) groups is 1. The molecule has 1 atom stereocenters. The molecule has 150 valence electrons. The summed E-state index contributed by atoms with van der Waals surface area (Å²) in [7, 11) is 0. The fraction of sp³-hybridized carbons (Fsp3) is 0.375. The summed E-state index contributed by atoms with van der Waals surface area (Å²) in [4.78, 5) is 13.4. The lowest BCUT2D eigenvalue weighted by Crippen LogP contribution is -2.33. The molecule has 0 radical (unpaired) electrons. The Morgan fingerprint density at radius 2 is 1.97 bits per heavy atom. The van der Waals surface area contributed by atoms with E-state index in [2.05, 4.69) is 0 Å². The minimum Gasteiger partial charge on any atom is -0.493 e. The van der Waals surface area contributed by atoms with Gasteiger partial charge in [-0.15, -0.1) is 0 Å². The van der Waals surface area contributed by atoms with E-state index in [-0.39, 0.29) is 11.9 Å². The van der Waals surface area contributed by atoms with Gasteiger partial charge >= 0.3 is 0 Å². The van der Waals surface area contributed by atoms with Crippen molar-refractivity contribution in [3.8, 4) is 11.5 Å². The van der Waals surface area contributed by atoms with Crippen molar-refractivity contribution >= 4 is 12.0 Å². The van der Waals surface area contributed by atoms with Gasteiger partial charge in [0.2, 0.25) is 6.41 Å². The number of amides is 1. The molecular formula is C24H24FNO3. The number of rotatable bonds is 6. The van der Waals surface area contributed by atoms with Gasteiger partial charge in [0.25, 0.3) is 0 Å². The van der Waals surface area contributed by atoms with Crippen molar-refractivity contribution in [1.29, 1.82) is 0 Å². The van der Waals surface area contributed by atoms with Crippen LogP contribution in [0, 0.1) is 11.7 Å². The minimum absolute atomic E-state index is 0.0109. The molecule has 1 aliphatic carbocycles. The Balaban J connectivity index is 1.60. The molecule has 0 spiro atoms. The van der Waals surface area contributed by atoms with E-state index in [1.165, 1.54) is 25.0 Å². The zero-order chi connectivity index (χ0) is 19.8. The number of benzene rings is 2. The van der Waals surface area contributed by atoms with E-state index in [1.807, 2.05) is 23.1 Å². The van der Waals surface area contributed by atoms with Crippen molar-refractivity contribution in [3.05, 3.63) is 65.0 Å². The van der Waals surface area contributed by atoms with Gasteiger partial charge in [-0.05, 0) is 78.6 Å². The summed E-state index contributed by atoms with van der Waals surface area (Å²) in [5.41, 5.74) is 3.99. The molecular weight excluding hydrogens is 369 g/mol. The van der Waals surface area contributed by atoms with E-state index < -0.39 is 0 Å². The summed E-state index contributed by atoms with van der Waals surface area (Å²) in [6.45, 7) is 1.92. The quantitative estimate of drug-likeness (QED) is 0.682. The second-order valence-electron chi connectivity index (χ2n) is 8.11. The summed E-state index contributed by atoms with van der Waals surface area (Å²) >= 11 is 0. The van der Waals surface area contributed by atoms with E-state index >= 15 is 0 Å². The molecule has 2 fully saturated rings. The van der Waals surface area contributed by atoms with Crippen molar-refractivity contribution in [1.82, 2.24) is 4.90 Å². The van der Waals surface area contributed by atoms with Crippen LogP contribution in [-0.4, -0.2) is 37.1 Å². The molecule has 0 aromatic heterocycles. The monoisotopic (exact) mass is 393 g/mol. The molecule has 1 saturated carbocycles. The molecule has 4 nitrogen and oxygen atoms in total. The smallest absolute Gasteiger partial charge is 0.210 e. The first-order valence-corrected chi connectivity index (χ1v) is 10.3. The average molecular weight is 393 g/mol. The third-order valence-electron chi connectivity index (χ3n) is 6.07. The Morgan fingerprint density at radius 1 is 1.14 bits per heavy atom. The van der Waals surface area contributed by atoms with Crippen LogP contribution in [0.1, 0.15) is 36.8 Å². The molecule has 2 aliphatic heterocycles. The Bertz CT molecular complexity index is 949. The van der Waals surface area contributed by atoms with Crippen molar-refractivity contribution < 1.29 is 18.7 Å². The van der Waals surface area contributed by atoms with Crippen LogP contribution in [0.5, 0.6) is 11.5 Å². The first-order valence-electron chi connectivity index (χ1n) is 10.3. The summed E-state index contributed by atoms with van der Waals surface area (Å²) in [5, 5.41) is 0. The van der Waals surface area contributed by atoms with Gasteiger partial charge in [-0.25, -0.2) is 4.39 Å². The van der Waals surface area contributed by atoms with Gasteiger partial charge in [0, 0.05) is 12.1 Å². The Kier molecular flexibility index (Phi) is 4.74. The van der Waals surface area contributed by atoms with E-state index in [0.717, 1.165) is 66.2 Å². The largest absolute Gasteiger partial charge is 0.493 e. The fourth-order valence-electron chi connectivity index (χ4n) is 4.33. The maximum Gasteiger partial charge on any atom is 0.210 e. The molecule has 0 bridgehead atoms. The van der Waals surface area contributed by atoms with Crippen LogP contribution in [0.4, 0.5) is 4.39 Å². The number of nitrogens with zero attached hydrogens (tertiary/aromatic N) is 1. The van der Waals surface area contributed by atoms with Crippen molar-refractivity contribution in [3.63, 3.8) is 0 Å². The molecule has 1 saturated heterocycles. The summed E-state index contributed by atoms with van der Waals surface area (Å²) in [5.74, 6) is 2.02. The van der Waals surface area contributed by atoms with E-state index in [0.29, 0.717) is 12.5 Å². The molecule has 3 aliphatic rings. The first kappa shape index (κ1) is 18.2. The van der Waals surface area contributed by atoms with Gasteiger partial charge in [0.05, 0.1) is 12.6 Å². The summed E-state index contributed by atoms with van der Waals surface area (Å²) in [6, 6.07) is 12.5. The van der Waals surface area contributed by atoms with Gasteiger partial charge in [0.1, 0.15) is 23.9 Å². The number of carbonyl (C=O) groups excluding carboxylic acids is 1. The number of hydrogen-bond donors (Lipinski definition) is 0. The number of likely N-dealkylation sites (tertiary alicyclic amines) is 1. The Morgan fingerprint density at radius 3 is 2.72 bits per heavy atom. The predicted octanol–water partition coefficient (Wildman–Crippen LogP) is 4.43. The second kappa shape index (κ2) is 7.54. The highest BCUT2D eigenvalue weighted by Crippen LogP contribution is 2.42. The Hall–Kier alpha value is -2.82. The second-order valence-corrected chi connectivity index (χ2v) is 8.11. The van der Waals surface area contributed by atoms with Crippen LogP contribution in [-0.2, 0) is 4.79 Å². The molecule has 0 N–H and O–H groups in total. The molecule has 29 heavy (non-hydrogen) atoms. The molecule has 1 amide bonds. The maximum atomic E-state index is 13.6. The van der Waals surface area contributed by atoms with E-state index in [1.54, 1.807) is 12.1 Å².